The molecule has 3 aromatic rings. The average Bonchev–Trinajstić information content (AvgIpc) is 3.32. The average molecular weight is 446 g/mol. The summed E-state index contributed by atoms with van der Waals surface area (Å²) in [5.41, 5.74) is 16.1. The monoisotopic (exact) mass is 445 g/mol. The maximum atomic E-state index is 6.54. The van der Waals surface area contributed by atoms with Crippen LogP contribution in [0.25, 0.3) is 16.8 Å². The van der Waals surface area contributed by atoms with Crippen LogP contribution in [-0.2, 0) is 4.74 Å². The van der Waals surface area contributed by atoms with Crippen molar-refractivity contribution < 1.29 is 4.74 Å². The predicted octanol–water partition coefficient (Wildman–Crippen LogP) is 4.22. The molecular formula is C22H25Cl2N5O. The van der Waals surface area contributed by atoms with E-state index in [0.29, 0.717) is 15.7 Å². The smallest absolute Gasteiger partial charge is 0.148 e. The van der Waals surface area contributed by atoms with Crippen LogP contribution in [0.2, 0.25) is 10.0 Å². The number of halogens is 2. The molecule has 2 unspecified atom stereocenters. The van der Waals surface area contributed by atoms with Crippen molar-refractivity contribution in [2.75, 3.05) is 30.3 Å². The second-order valence-electron chi connectivity index (χ2n) is 8.45. The van der Waals surface area contributed by atoms with Gasteiger partial charge < -0.3 is 21.1 Å². The van der Waals surface area contributed by atoms with Gasteiger partial charge in [0.2, 0.25) is 0 Å². The van der Waals surface area contributed by atoms with Crippen LogP contribution < -0.4 is 16.4 Å². The van der Waals surface area contributed by atoms with Crippen molar-refractivity contribution in [3.05, 3.63) is 46.7 Å². The summed E-state index contributed by atoms with van der Waals surface area (Å²) in [6.07, 6.45) is 5.86. The fourth-order valence-corrected chi connectivity index (χ4v) is 5.35. The lowest BCUT2D eigenvalue weighted by molar-refractivity contribution is 0.0974. The standard InChI is InChI=1S/C22H25Cl2N5O/c1-13-20(26)22(12-30-13)5-8-28(9-6-22)17-11-16(25)18(21-27-7-10-29(17)21)14-3-2-4-15(23)19(14)24/h2-4,7,10-11,13,20H,5-6,8-9,12,25-26H2,1H3. The van der Waals surface area contributed by atoms with E-state index in [4.69, 9.17) is 39.4 Å². The van der Waals surface area contributed by atoms with Crippen molar-refractivity contribution in [3.63, 3.8) is 0 Å². The zero-order valence-corrected chi connectivity index (χ0v) is 18.3. The van der Waals surface area contributed by atoms with E-state index in [-0.39, 0.29) is 17.6 Å². The lowest BCUT2D eigenvalue weighted by atomic mass is 9.73. The third-order valence-corrected chi connectivity index (χ3v) is 7.65. The van der Waals surface area contributed by atoms with E-state index in [1.807, 2.05) is 24.4 Å². The highest BCUT2D eigenvalue weighted by molar-refractivity contribution is 6.44. The lowest BCUT2D eigenvalue weighted by Crippen LogP contribution is -2.50. The number of nitrogens with two attached hydrogens (primary N) is 2. The van der Waals surface area contributed by atoms with Gasteiger partial charge in [-0.25, -0.2) is 4.98 Å². The van der Waals surface area contributed by atoms with Crippen LogP contribution in [0.1, 0.15) is 19.8 Å². The summed E-state index contributed by atoms with van der Waals surface area (Å²) >= 11 is 12.7. The highest BCUT2D eigenvalue weighted by Gasteiger charge is 2.47. The number of benzene rings is 1. The largest absolute Gasteiger partial charge is 0.398 e. The molecule has 4 N–H and O–H groups in total. The molecule has 5 rings (SSSR count). The van der Waals surface area contributed by atoms with Gasteiger partial charge in [0, 0.05) is 59.8 Å². The number of imidazole rings is 1. The van der Waals surface area contributed by atoms with Gasteiger partial charge >= 0.3 is 0 Å². The van der Waals surface area contributed by atoms with Crippen molar-refractivity contribution >= 4 is 40.4 Å². The van der Waals surface area contributed by atoms with Crippen LogP contribution in [0.4, 0.5) is 11.5 Å². The van der Waals surface area contributed by atoms with Crippen LogP contribution >= 0.6 is 23.2 Å². The van der Waals surface area contributed by atoms with E-state index in [9.17, 15) is 0 Å². The van der Waals surface area contributed by atoms with Crippen molar-refractivity contribution in [1.29, 1.82) is 0 Å². The summed E-state index contributed by atoms with van der Waals surface area (Å²) in [7, 11) is 0. The summed E-state index contributed by atoms with van der Waals surface area (Å²) in [5, 5.41) is 0.973. The minimum atomic E-state index is 0.0732. The molecule has 158 valence electrons. The van der Waals surface area contributed by atoms with Crippen LogP contribution in [0.3, 0.4) is 0 Å². The Bertz CT molecular complexity index is 1110. The van der Waals surface area contributed by atoms with Crippen molar-refractivity contribution in [2.45, 2.75) is 31.9 Å². The topological polar surface area (TPSA) is 81.8 Å². The number of nitrogen functional groups attached to an aromatic ring is 1. The van der Waals surface area contributed by atoms with Crippen molar-refractivity contribution in [3.8, 4) is 11.1 Å². The SMILES string of the molecule is CC1OCC2(CCN(c3cc(N)c(-c4cccc(Cl)c4Cl)c4nccn34)CC2)C1N. The Morgan fingerprint density at radius 2 is 2.00 bits per heavy atom. The predicted molar refractivity (Wildman–Crippen MR) is 122 cm³/mol. The van der Waals surface area contributed by atoms with Gasteiger partial charge in [0.25, 0.3) is 0 Å². The first kappa shape index (κ1) is 19.9. The number of ether oxygens (including phenoxy) is 1. The summed E-state index contributed by atoms with van der Waals surface area (Å²) in [6.45, 7) is 4.61. The number of hydrogen-bond acceptors (Lipinski definition) is 5. The molecule has 2 saturated heterocycles. The molecule has 1 aromatic carbocycles. The molecular weight excluding hydrogens is 421 g/mol. The number of pyridine rings is 1. The molecule has 2 fully saturated rings. The molecule has 2 aliphatic rings. The first-order valence-electron chi connectivity index (χ1n) is 10.2. The van der Waals surface area contributed by atoms with Crippen LogP contribution in [0.15, 0.2) is 36.7 Å². The second-order valence-corrected chi connectivity index (χ2v) is 9.23. The lowest BCUT2D eigenvalue weighted by Gasteiger charge is -2.42. The maximum Gasteiger partial charge on any atom is 0.148 e. The van der Waals surface area contributed by atoms with E-state index < -0.39 is 0 Å². The molecule has 8 heteroatoms. The first-order chi connectivity index (χ1) is 14.4. The van der Waals surface area contributed by atoms with E-state index in [1.54, 1.807) is 12.3 Å². The van der Waals surface area contributed by atoms with Crippen LogP contribution in [-0.4, -0.2) is 41.2 Å². The molecule has 2 aliphatic heterocycles. The number of piperidine rings is 1. The minimum absolute atomic E-state index is 0.0732. The van der Waals surface area contributed by atoms with E-state index in [0.717, 1.165) is 55.1 Å². The normalized spacial score (nSPS) is 23.5. The maximum absolute atomic E-state index is 6.54. The van der Waals surface area contributed by atoms with Gasteiger partial charge in [0.05, 0.1) is 22.8 Å². The third kappa shape index (κ3) is 2.97. The number of anilines is 2. The molecule has 1 spiro atoms. The fraction of sp³-hybridized carbons (Fsp3) is 0.409. The third-order valence-electron chi connectivity index (χ3n) is 6.84. The number of nitrogens with zero attached hydrogens (tertiary/aromatic N) is 3. The molecule has 2 atom stereocenters. The van der Waals surface area contributed by atoms with Gasteiger partial charge in [0.1, 0.15) is 11.5 Å². The molecule has 2 aromatic heterocycles. The summed E-state index contributed by atoms with van der Waals surface area (Å²) < 4.78 is 7.94. The molecule has 0 aliphatic carbocycles. The van der Waals surface area contributed by atoms with E-state index in [2.05, 4.69) is 21.2 Å². The molecule has 4 heterocycles. The number of rotatable bonds is 2. The Morgan fingerprint density at radius 3 is 2.70 bits per heavy atom. The number of aromatic nitrogens is 2. The Labute approximate surface area is 185 Å². The highest BCUT2D eigenvalue weighted by Crippen LogP contribution is 2.44. The van der Waals surface area contributed by atoms with Gasteiger partial charge in [-0.15, -0.1) is 0 Å². The first-order valence-corrected chi connectivity index (χ1v) is 11.0. The molecule has 0 saturated carbocycles. The molecule has 6 nitrogen and oxygen atoms in total. The van der Waals surface area contributed by atoms with Gasteiger partial charge in [-0.05, 0) is 25.8 Å². The Balaban J connectivity index is 1.52. The zero-order chi connectivity index (χ0) is 21.0. The summed E-state index contributed by atoms with van der Waals surface area (Å²) in [5.74, 6) is 1.03. The molecule has 0 radical (unpaired) electrons. The van der Waals surface area contributed by atoms with E-state index >= 15 is 0 Å². The van der Waals surface area contributed by atoms with Gasteiger partial charge in [0.15, 0.2) is 0 Å². The molecule has 0 amide bonds. The van der Waals surface area contributed by atoms with Crippen molar-refractivity contribution in [1.82, 2.24) is 9.38 Å². The zero-order valence-electron chi connectivity index (χ0n) is 16.8. The fourth-order valence-electron chi connectivity index (χ4n) is 4.95. The number of hydrogen-bond donors (Lipinski definition) is 2. The van der Waals surface area contributed by atoms with Gasteiger partial charge in [-0.1, -0.05) is 35.3 Å². The van der Waals surface area contributed by atoms with Crippen LogP contribution in [0, 0.1) is 5.41 Å². The highest BCUT2D eigenvalue weighted by atomic mass is 35.5. The van der Waals surface area contributed by atoms with Gasteiger partial charge in [-0.3, -0.25) is 4.40 Å². The second kappa shape index (κ2) is 7.31. The van der Waals surface area contributed by atoms with Crippen LogP contribution in [0.5, 0.6) is 0 Å². The molecule has 30 heavy (non-hydrogen) atoms. The quantitative estimate of drug-likeness (QED) is 0.616. The number of fused-ring (bicyclic) bond motifs is 1. The molecule has 0 bridgehead atoms. The summed E-state index contributed by atoms with van der Waals surface area (Å²) in [6, 6.07) is 7.65. The summed E-state index contributed by atoms with van der Waals surface area (Å²) in [4.78, 5) is 6.95. The Kier molecular flexibility index (Phi) is 4.86. The van der Waals surface area contributed by atoms with Crippen molar-refractivity contribution in [2.24, 2.45) is 11.1 Å². The minimum Gasteiger partial charge on any atom is -0.398 e. The van der Waals surface area contributed by atoms with E-state index in [1.165, 1.54) is 0 Å². The Hall–Kier alpha value is -1.99. The van der Waals surface area contributed by atoms with Gasteiger partial charge in [-0.2, -0.15) is 0 Å². The Morgan fingerprint density at radius 1 is 1.23 bits per heavy atom.